The van der Waals surface area contributed by atoms with E-state index in [-0.39, 0.29) is 6.61 Å². The van der Waals surface area contributed by atoms with Crippen LogP contribution in [0.1, 0.15) is 6.92 Å². The van der Waals surface area contributed by atoms with E-state index in [0.29, 0.717) is 5.88 Å². The molecular weight excluding hydrogens is 112 g/mol. The molecule has 1 N–H and O–H groups in total. The van der Waals surface area contributed by atoms with Crippen LogP contribution in [0.3, 0.4) is 0 Å². The lowest BCUT2D eigenvalue weighted by Crippen LogP contribution is -1.76. The summed E-state index contributed by atoms with van der Waals surface area (Å²) in [5, 5.41) is 7.74. The third kappa shape index (κ3) is 97.3. The summed E-state index contributed by atoms with van der Waals surface area (Å²) in [5.74, 6) is 0.347. The summed E-state index contributed by atoms with van der Waals surface area (Å²) >= 11 is 4.94. The predicted molar refractivity (Wildman–Crippen MR) is 33.7 cm³/mol. The Bertz CT molecular complexity index is 27.3. The van der Waals surface area contributed by atoms with Gasteiger partial charge in [0.2, 0.25) is 0 Å². The maximum Gasteiger partial charge on any atom is 0.0566 e. The van der Waals surface area contributed by atoms with Crippen molar-refractivity contribution in [1.29, 1.82) is 0 Å². The summed E-state index contributed by atoms with van der Waals surface area (Å²) in [7, 11) is 0. The monoisotopic (exact) mass is 122 g/mol. The largest absolute Gasteiger partial charge is 0.395 e. The van der Waals surface area contributed by atoms with E-state index < -0.39 is 0 Å². The Hall–Kier alpha value is -0.0100. The summed E-state index contributed by atoms with van der Waals surface area (Å²) < 4.78 is 0. The number of allylic oxidation sites excluding steroid dienone is 1. The van der Waals surface area contributed by atoms with Gasteiger partial charge >= 0.3 is 0 Å². The van der Waals surface area contributed by atoms with E-state index in [0.717, 1.165) is 0 Å². The van der Waals surface area contributed by atoms with Gasteiger partial charge in [0.25, 0.3) is 0 Å². The van der Waals surface area contributed by atoms with Gasteiger partial charge in [0.15, 0.2) is 0 Å². The zero-order valence-electron chi connectivity index (χ0n) is 4.52. The van der Waals surface area contributed by atoms with Gasteiger partial charge in [-0.05, 0) is 6.92 Å². The fourth-order valence-corrected chi connectivity index (χ4v) is 0. The maximum absolute atomic E-state index is 7.74. The predicted octanol–water partition coefficient (Wildman–Crippen LogP) is 1.41. The molecule has 0 fully saturated rings. The number of alkyl halides is 1. The smallest absolute Gasteiger partial charge is 0.0566 e. The van der Waals surface area contributed by atoms with Crippen molar-refractivity contribution in [3.05, 3.63) is 12.7 Å². The quantitative estimate of drug-likeness (QED) is 0.412. The van der Waals surface area contributed by atoms with Gasteiger partial charge < -0.3 is 5.11 Å². The van der Waals surface area contributed by atoms with Crippen molar-refractivity contribution in [1.82, 2.24) is 0 Å². The molecule has 0 rings (SSSR count). The van der Waals surface area contributed by atoms with Gasteiger partial charge in [-0.1, -0.05) is 6.08 Å². The number of aliphatic hydroxyl groups is 1. The average Bonchev–Trinajstić information content (AvgIpc) is 1.69. The van der Waals surface area contributed by atoms with Crippen LogP contribution in [0.25, 0.3) is 0 Å². The van der Waals surface area contributed by atoms with Gasteiger partial charge in [0, 0.05) is 5.88 Å². The maximum atomic E-state index is 7.74. The SMILES string of the molecule is C=CC.OCCCl. The van der Waals surface area contributed by atoms with Gasteiger partial charge in [-0.15, -0.1) is 18.2 Å². The van der Waals surface area contributed by atoms with E-state index >= 15 is 0 Å². The molecular formula is C5H11ClO. The molecule has 1 nitrogen and oxygen atoms in total. The van der Waals surface area contributed by atoms with E-state index in [4.69, 9.17) is 16.7 Å². The summed E-state index contributed by atoms with van der Waals surface area (Å²) in [6.45, 7) is 5.33. The van der Waals surface area contributed by atoms with Crippen LogP contribution in [0.15, 0.2) is 12.7 Å². The Morgan fingerprint density at radius 3 is 2.00 bits per heavy atom. The fourth-order valence-electron chi connectivity index (χ4n) is 0. The van der Waals surface area contributed by atoms with E-state index in [2.05, 4.69) is 6.58 Å². The van der Waals surface area contributed by atoms with E-state index in [9.17, 15) is 0 Å². The average molecular weight is 123 g/mol. The number of hydrogen-bond acceptors (Lipinski definition) is 1. The van der Waals surface area contributed by atoms with E-state index in [1.165, 1.54) is 0 Å². The lowest BCUT2D eigenvalue weighted by Gasteiger charge is -1.67. The Balaban J connectivity index is 0. The van der Waals surface area contributed by atoms with Crippen LogP contribution >= 0.6 is 11.6 Å². The molecule has 0 heterocycles. The van der Waals surface area contributed by atoms with Crippen LogP contribution in [0.2, 0.25) is 0 Å². The topological polar surface area (TPSA) is 20.2 Å². The molecule has 0 saturated heterocycles. The zero-order chi connectivity index (χ0) is 6.12. The van der Waals surface area contributed by atoms with Crippen molar-refractivity contribution in [2.75, 3.05) is 12.5 Å². The summed E-state index contributed by atoms with van der Waals surface area (Å²) in [5.41, 5.74) is 0. The minimum Gasteiger partial charge on any atom is -0.395 e. The Kier molecular flexibility index (Phi) is 24.0. The van der Waals surface area contributed by atoms with Crippen molar-refractivity contribution < 1.29 is 5.11 Å². The first-order chi connectivity index (χ1) is 3.33. The van der Waals surface area contributed by atoms with Crippen LogP contribution in [0, 0.1) is 0 Å². The highest BCUT2D eigenvalue weighted by molar-refractivity contribution is 6.17. The standard InChI is InChI=1S/C3H6.C2H5ClO/c1-3-2;3-1-2-4/h3H,1H2,2H3;4H,1-2H2. The zero-order valence-corrected chi connectivity index (χ0v) is 5.28. The lowest BCUT2D eigenvalue weighted by molar-refractivity contribution is 0.321. The highest BCUT2D eigenvalue weighted by atomic mass is 35.5. The van der Waals surface area contributed by atoms with Crippen LogP contribution < -0.4 is 0 Å². The van der Waals surface area contributed by atoms with Crippen LogP contribution in [-0.2, 0) is 0 Å². The summed E-state index contributed by atoms with van der Waals surface area (Å²) in [6, 6.07) is 0. The van der Waals surface area contributed by atoms with Crippen molar-refractivity contribution in [3.63, 3.8) is 0 Å². The molecule has 0 atom stereocenters. The third-order valence-corrected chi connectivity index (χ3v) is 0.254. The van der Waals surface area contributed by atoms with Gasteiger partial charge in [0.05, 0.1) is 6.61 Å². The normalized spacial score (nSPS) is 6.14. The summed E-state index contributed by atoms with van der Waals surface area (Å²) in [6.07, 6.45) is 1.75. The molecule has 0 aliphatic rings. The second-order valence-corrected chi connectivity index (χ2v) is 1.20. The van der Waals surface area contributed by atoms with Crippen LogP contribution in [0.5, 0.6) is 0 Å². The minimum atomic E-state index is 0.0849. The first-order valence-electron chi connectivity index (χ1n) is 2.07. The van der Waals surface area contributed by atoms with Gasteiger partial charge in [-0.25, -0.2) is 0 Å². The van der Waals surface area contributed by atoms with Gasteiger partial charge in [0.1, 0.15) is 0 Å². The van der Waals surface area contributed by atoms with Crippen LogP contribution in [0.4, 0.5) is 0 Å². The second-order valence-electron chi connectivity index (χ2n) is 0.821. The van der Waals surface area contributed by atoms with Crippen molar-refractivity contribution in [2.45, 2.75) is 6.92 Å². The molecule has 0 amide bonds. The molecule has 0 aromatic heterocycles. The van der Waals surface area contributed by atoms with Crippen LogP contribution in [-0.4, -0.2) is 17.6 Å². The first-order valence-corrected chi connectivity index (χ1v) is 2.60. The third-order valence-electron chi connectivity index (χ3n) is 0.0845. The van der Waals surface area contributed by atoms with Crippen molar-refractivity contribution >= 4 is 11.6 Å². The lowest BCUT2D eigenvalue weighted by atomic mass is 10.8. The molecule has 0 aromatic carbocycles. The Morgan fingerprint density at radius 2 is 2.00 bits per heavy atom. The molecule has 0 saturated carbocycles. The second kappa shape index (κ2) is 16.7. The molecule has 2 heteroatoms. The fraction of sp³-hybridized carbons (Fsp3) is 0.600. The molecule has 0 bridgehead atoms. The van der Waals surface area contributed by atoms with Gasteiger partial charge in [-0.2, -0.15) is 0 Å². The Labute approximate surface area is 49.6 Å². The van der Waals surface area contributed by atoms with E-state index in [1.54, 1.807) is 6.08 Å². The molecule has 0 aliphatic carbocycles. The number of hydrogen-bond donors (Lipinski definition) is 1. The molecule has 0 radical (unpaired) electrons. The molecule has 0 unspecified atom stereocenters. The van der Waals surface area contributed by atoms with E-state index in [1.807, 2.05) is 6.92 Å². The summed E-state index contributed by atoms with van der Waals surface area (Å²) in [4.78, 5) is 0. The highest BCUT2D eigenvalue weighted by Crippen LogP contribution is 1.63. The minimum absolute atomic E-state index is 0.0849. The molecule has 44 valence electrons. The molecule has 0 spiro atoms. The van der Waals surface area contributed by atoms with Gasteiger partial charge in [-0.3, -0.25) is 0 Å². The molecule has 0 aliphatic heterocycles. The first kappa shape index (κ1) is 10.1. The Morgan fingerprint density at radius 1 is 1.86 bits per heavy atom. The van der Waals surface area contributed by atoms with Crippen molar-refractivity contribution in [3.8, 4) is 0 Å². The highest BCUT2D eigenvalue weighted by Gasteiger charge is 1.60. The number of aliphatic hydroxyl groups excluding tert-OH is 1. The number of halogens is 1. The number of rotatable bonds is 1. The van der Waals surface area contributed by atoms with Crippen molar-refractivity contribution in [2.24, 2.45) is 0 Å². The molecule has 7 heavy (non-hydrogen) atoms. The molecule has 0 aromatic rings.